The summed E-state index contributed by atoms with van der Waals surface area (Å²) in [5.74, 6) is -0.140. The van der Waals surface area contributed by atoms with Gasteiger partial charge in [-0.1, -0.05) is 12.1 Å². The van der Waals surface area contributed by atoms with Crippen molar-refractivity contribution in [3.8, 4) is 17.2 Å². The number of hydrogen-bond donors (Lipinski definition) is 0. The van der Waals surface area contributed by atoms with Crippen molar-refractivity contribution in [1.29, 1.82) is 0 Å². The summed E-state index contributed by atoms with van der Waals surface area (Å²) in [5, 5.41) is 0. The maximum Gasteiger partial charge on any atom is 0.391 e. The van der Waals surface area contributed by atoms with Crippen LogP contribution in [-0.4, -0.2) is 34.0 Å². The molecule has 0 aromatic heterocycles. The van der Waals surface area contributed by atoms with E-state index in [-0.39, 0.29) is 38.3 Å². The molecule has 0 radical (unpaired) electrons. The number of hydrogen-bond acceptors (Lipinski definition) is 5. The molecule has 1 aliphatic carbocycles. The first-order valence-electron chi connectivity index (χ1n) is 10.1. The van der Waals surface area contributed by atoms with E-state index < -0.39 is 18.2 Å². The second-order valence-electron chi connectivity index (χ2n) is 7.89. The van der Waals surface area contributed by atoms with Crippen molar-refractivity contribution in [3.63, 3.8) is 0 Å². The molecule has 2 aliphatic rings. The van der Waals surface area contributed by atoms with E-state index in [4.69, 9.17) is 23.7 Å². The van der Waals surface area contributed by atoms with Gasteiger partial charge in [-0.15, -0.1) is 0 Å². The third kappa shape index (κ3) is 4.60. The lowest BCUT2D eigenvalue weighted by atomic mass is 9.80. The van der Waals surface area contributed by atoms with E-state index in [1.807, 2.05) is 12.1 Å². The summed E-state index contributed by atoms with van der Waals surface area (Å²) >= 11 is 0. The van der Waals surface area contributed by atoms with Crippen molar-refractivity contribution < 1.29 is 36.9 Å². The van der Waals surface area contributed by atoms with Gasteiger partial charge in [-0.25, -0.2) is 0 Å². The van der Waals surface area contributed by atoms with Crippen LogP contribution in [-0.2, 0) is 9.47 Å². The van der Waals surface area contributed by atoms with E-state index >= 15 is 0 Å². The summed E-state index contributed by atoms with van der Waals surface area (Å²) < 4.78 is 67.8. The van der Waals surface area contributed by atoms with Crippen molar-refractivity contribution in [3.05, 3.63) is 53.6 Å². The van der Waals surface area contributed by atoms with Gasteiger partial charge >= 0.3 is 6.18 Å². The van der Waals surface area contributed by atoms with E-state index in [9.17, 15) is 13.2 Å². The first-order chi connectivity index (χ1) is 14.9. The van der Waals surface area contributed by atoms with E-state index in [2.05, 4.69) is 0 Å². The van der Waals surface area contributed by atoms with Gasteiger partial charge < -0.3 is 23.7 Å². The van der Waals surface area contributed by atoms with Crippen LogP contribution in [0.15, 0.2) is 42.5 Å². The van der Waals surface area contributed by atoms with Crippen LogP contribution in [0.5, 0.6) is 17.2 Å². The first-order valence-corrected chi connectivity index (χ1v) is 10.1. The summed E-state index contributed by atoms with van der Waals surface area (Å²) in [7, 11) is 3.04. The van der Waals surface area contributed by atoms with Gasteiger partial charge in [0.25, 0.3) is 0 Å². The molecule has 31 heavy (non-hydrogen) atoms. The lowest BCUT2D eigenvalue weighted by Crippen LogP contribution is -2.27. The number of alkyl halides is 3. The SMILES string of the molecule is COCOc1ccc([C@H]2Oc3ccc(OCOC)cc3[C@H]3C[C@H](C(F)(F)F)C[C@H]32)cc1. The maximum absolute atomic E-state index is 13.6. The summed E-state index contributed by atoms with van der Waals surface area (Å²) in [4.78, 5) is 0. The Kier molecular flexibility index (Phi) is 6.29. The molecule has 168 valence electrons. The van der Waals surface area contributed by atoms with Crippen LogP contribution in [0.2, 0.25) is 0 Å². The minimum absolute atomic E-state index is 0.0311. The van der Waals surface area contributed by atoms with Crippen LogP contribution in [0.25, 0.3) is 0 Å². The van der Waals surface area contributed by atoms with Gasteiger partial charge in [0.15, 0.2) is 13.6 Å². The fraction of sp³-hybridized carbons (Fsp3) is 0.478. The molecular formula is C23H25F3O5. The Morgan fingerprint density at radius 2 is 1.55 bits per heavy atom. The van der Waals surface area contributed by atoms with E-state index in [1.165, 1.54) is 14.2 Å². The van der Waals surface area contributed by atoms with Crippen LogP contribution < -0.4 is 14.2 Å². The number of fused-ring (bicyclic) bond motifs is 3. The molecule has 1 aliphatic heterocycles. The lowest BCUT2D eigenvalue weighted by molar-refractivity contribution is -0.173. The Morgan fingerprint density at radius 3 is 2.19 bits per heavy atom. The van der Waals surface area contributed by atoms with E-state index in [0.29, 0.717) is 17.2 Å². The standard InChI is InChI=1S/C23H25F3O5/c1-27-12-29-16-5-3-14(4-6-16)22-20-10-15(23(24,25)26)9-18(20)19-11-17(30-13-28-2)7-8-21(19)31-22/h3-8,11,15,18,20,22H,9-10,12-13H2,1-2H3/t15-,18+,20+,22+/m0/s1. The summed E-state index contributed by atoms with van der Waals surface area (Å²) in [5.41, 5.74) is 1.59. The van der Waals surface area contributed by atoms with Gasteiger partial charge in [0.2, 0.25) is 0 Å². The number of halogens is 3. The molecule has 1 heterocycles. The highest BCUT2D eigenvalue weighted by molar-refractivity contribution is 5.46. The maximum atomic E-state index is 13.6. The van der Waals surface area contributed by atoms with E-state index in [1.54, 1.807) is 30.3 Å². The molecule has 0 bridgehead atoms. The van der Waals surface area contributed by atoms with Crippen molar-refractivity contribution in [2.24, 2.45) is 11.8 Å². The van der Waals surface area contributed by atoms with Gasteiger partial charge in [-0.05, 0) is 54.7 Å². The molecule has 1 fully saturated rings. The number of benzene rings is 2. The van der Waals surface area contributed by atoms with Gasteiger partial charge in [0, 0.05) is 25.7 Å². The molecule has 0 unspecified atom stereocenters. The van der Waals surface area contributed by atoms with Gasteiger partial charge in [-0.2, -0.15) is 13.2 Å². The fourth-order valence-electron chi connectivity index (χ4n) is 4.59. The predicted molar refractivity (Wildman–Crippen MR) is 106 cm³/mol. The highest BCUT2D eigenvalue weighted by Gasteiger charge is 2.53. The number of methoxy groups -OCH3 is 2. The van der Waals surface area contributed by atoms with Crippen molar-refractivity contribution >= 4 is 0 Å². The third-order valence-electron chi connectivity index (χ3n) is 5.99. The second-order valence-corrected chi connectivity index (χ2v) is 7.89. The van der Waals surface area contributed by atoms with Crippen LogP contribution >= 0.6 is 0 Å². The average Bonchev–Trinajstić information content (AvgIpc) is 3.22. The molecule has 5 nitrogen and oxygen atoms in total. The van der Waals surface area contributed by atoms with E-state index in [0.717, 1.165) is 11.1 Å². The van der Waals surface area contributed by atoms with Crippen LogP contribution in [0.3, 0.4) is 0 Å². The van der Waals surface area contributed by atoms with Crippen LogP contribution in [0, 0.1) is 11.8 Å². The zero-order chi connectivity index (χ0) is 22.0. The van der Waals surface area contributed by atoms with Crippen molar-refractivity contribution in [1.82, 2.24) is 0 Å². The third-order valence-corrected chi connectivity index (χ3v) is 5.99. The molecule has 2 aromatic carbocycles. The summed E-state index contributed by atoms with van der Waals surface area (Å²) in [6.07, 6.45) is -4.62. The Labute approximate surface area is 179 Å². The van der Waals surface area contributed by atoms with Crippen LogP contribution in [0.1, 0.15) is 36.0 Å². The molecule has 0 spiro atoms. The van der Waals surface area contributed by atoms with Crippen molar-refractivity contribution in [2.75, 3.05) is 27.8 Å². The molecule has 0 saturated heterocycles. The molecular weight excluding hydrogens is 413 g/mol. The molecule has 1 saturated carbocycles. The number of rotatable bonds is 7. The Hall–Kier alpha value is -2.45. The summed E-state index contributed by atoms with van der Waals surface area (Å²) in [6, 6.07) is 12.5. The summed E-state index contributed by atoms with van der Waals surface area (Å²) in [6.45, 7) is 0.192. The Morgan fingerprint density at radius 1 is 0.903 bits per heavy atom. The average molecular weight is 438 g/mol. The number of ether oxygens (including phenoxy) is 5. The highest BCUT2D eigenvalue weighted by atomic mass is 19.4. The topological polar surface area (TPSA) is 46.2 Å². The van der Waals surface area contributed by atoms with Gasteiger partial charge in [0.05, 0.1) is 5.92 Å². The minimum atomic E-state index is -4.23. The Bertz CT molecular complexity index is 884. The molecule has 8 heteroatoms. The molecule has 0 amide bonds. The normalized spacial score (nSPS) is 24.8. The minimum Gasteiger partial charge on any atom is -0.485 e. The zero-order valence-electron chi connectivity index (χ0n) is 17.4. The van der Waals surface area contributed by atoms with Crippen molar-refractivity contribution in [2.45, 2.75) is 31.0 Å². The zero-order valence-corrected chi connectivity index (χ0v) is 17.4. The first kappa shape index (κ1) is 21.8. The Balaban J connectivity index is 1.65. The van der Waals surface area contributed by atoms with Gasteiger partial charge in [-0.3, -0.25) is 0 Å². The molecule has 4 atom stereocenters. The quantitative estimate of drug-likeness (QED) is 0.538. The predicted octanol–water partition coefficient (Wildman–Crippen LogP) is 5.46. The fourth-order valence-corrected chi connectivity index (χ4v) is 4.59. The molecule has 4 rings (SSSR count). The smallest absolute Gasteiger partial charge is 0.391 e. The van der Waals surface area contributed by atoms with Gasteiger partial charge in [0.1, 0.15) is 23.4 Å². The molecule has 0 N–H and O–H groups in total. The molecule has 2 aromatic rings. The second kappa shape index (κ2) is 8.96. The van der Waals surface area contributed by atoms with Crippen LogP contribution in [0.4, 0.5) is 13.2 Å². The lowest BCUT2D eigenvalue weighted by Gasteiger charge is -2.36. The monoisotopic (exact) mass is 438 g/mol. The largest absolute Gasteiger partial charge is 0.485 e. The highest BCUT2D eigenvalue weighted by Crippen LogP contribution is 2.58.